The summed E-state index contributed by atoms with van der Waals surface area (Å²) in [6, 6.07) is 7.71. The van der Waals surface area contributed by atoms with Crippen LogP contribution in [0.3, 0.4) is 0 Å². The lowest BCUT2D eigenvalue weighted by Gasteiger charge is -2.30. The molecule has 3 heterocycles. The van der Waals surface area contributed by atoms with Crippen LogP contribution in [0.2, 0.25) is 0 Å². The van der Waals surface area contributed by atoms with Crippen molar-refractivity contribution in [3.8, 4) is 0 Å². The van der Waals surface area contributed by atoms with Crippen molar-refractivity contribution in [3.05, 3.63) is 57.0 Å². The quantitative estimate of drug-likeness (QED) is 0.666. The first kappa shape index (κ1) is 21.0. The number of rotatable bonds is 5. The van der Waals surface area contributed by atoms with E-state index in [1.54, 1.807) is 11.6 Å². The van der Waals surface area contributed by atoms with E-state index in [4.69, 9.17) is 0 Å². The molecule has 1 aromatic carbocycles. The van der Waals surface area contributed by atoms with Crippen molar-refractivity contribution in [1.82, 2.24) is 23.6 Å². The van der Waals surface area contributed by atoms with Gasteiger partial charge in [0, 0.05) is 32.9 Å². The summed E-state index contributed by atoms with van der Waals surface area (Å²) >= 11 is 0. The Hall–Kier alpha value is -3.20. The highest BCUT2D eigenvalue weighted by Gasteiger charge is 2.18. The van der Waals surface area contributed by atoms with Gasteiger partial charge in [0.2, 0.25) is 5.91 Å². The fourth-order valence-electron chi connectivity index (χ4n) is 4.26. The largest absolute Gasteiger partial charge is 0.332 e. The number of likely N-dealkylation sites (tertiary alicyclic amines) is 1. The van der Waals surface area contributed by atoms with Gasteiger partial charge < -0.3 is 9.88 Å². The number of piperidine rings is 1. The third-order valence-corrected chi connectivity index (χ3v) is 5.89. The lowest BCUT2D eigenvalue weighted by Crippen LogP contribution is -2.42. The molecule has 0 spiro atoms. The number of hydrogen-bond donors (Lipinski definition) is 1. The molecule has 9 heteroatoms. The van der Waals surface area contributed by atoms with E-state index in [-0.39, 0.29) is 12.1 Å². The van der Waals surface area contributed by atoms with Crippen molar-refractivity contribution in [1.29, 1.82) is 0 Å². The molecular formula is C22H28N6O3. The molecule has 164 valence electrons. The molecule has 0 saturated carbocycles. The first-order valence-corrected chi connectivity index (χ1v) is 10.6. The van der Waals surface area contributed by atoms with E-state index >= 15 is 0 Å². The average molecular weight is 425 g/mol. The summed E-state index contributed by atoms with van der Waals surface area (Å²) in [5, 5.41) is 2.78. The van der Waals surface area contributed by atoms with Gasteiger partial charge >= 0.3 is 5.69 Å². The zero-order chi connectivity index (χ0) is 22.1. The van der Waals surface area contributed by atoms with E-state index in [0.717, 1.165) is 30.1 Å². The van der Waals surface area contributed by atoms with Gasteiger partial charge in [-0.3, -0.25) is 19.1 Å². The summed E-state index contributed by atoms with van der Waals surface area (Å²) in [7, 11) is 3.21. The average Bonchev–Trinajstić information content (AvgIpc) is 3.13. The Kier molecular flexibility index (Phi) is 5.77. The zero-order valence-electron chi connectivity index (χ0n) is 18.2. The van der Waals surface area contributed by atoms with Crippen LogP contribution in [-0.4, -0.2) is 42.6 Å². The van der Waals surface area contributed by atoms with Gasteiger partial charge in [0.25, 0.3) is 5.56 Å². The molecule has 0 radical (unpaired) electrons. The van der Waals surface area contributed by atoms with Crippen LogP contribution in [-0.2, 0) is 32.0 Å². The number of hydrogen-bond acceptors (Lipinski definition) is 5. The molecule has 0 aliphatic carbocycles. The van der Waals surface area contributed by atoms with E-state index < -0.39 is 17.2 Å². The molecule has 1 atom stereocenters. The second kappa shape index (κ2) is 8.50. The SMILES string of the molecule is CC1CCCN(Cc2ccc(NC(=O)Cn3c(=O)c4c(ncn4C)n(C)c3=O)cc2)C1. The van der Waals surface area contributed by atoms with Gasteiger partial charge in [0.05, 0.1) is 6.33 Å². The topological polar surface area (TPSA) is 94.2 Å². The van der Waals surface area contributed by atoms with Crippen molar-refractivity contribution in [2.45, 2.75) is 32.9 Å². The fourth-order valence-corrected chi connectivity index (χ4v) is 4.26. The summed E-state index contributed by atoms with van der Waals surface area (Å²) in [5.41, 5.74) is 1.31. The monoisotopic (exact) mass is 424 g/mol. The van der Waals surface area contributed by atoms with Crippen LogP contribution < -0.4 is 16.6 Å². The maximum absolute atomic E-state index is 12.7. The Balaban J connectivity index is 1.45. The van der Waals surface area contributed by atoms with Crippen LogP contribution in [0.15, 0.2) is 40.2 Å². The van der Waals surface area contributed by atoms with Crippen molar-refractivity contribution >= 4 is 22.8 Å². The summed E-state index contributed by atoms with van der Waals surface area (Å²) in [4.78, 5) is 44.4. The third kappa shape index (κ3) is 4.32. The Labute approximate surface area is 179 Å². The molecule has 0 bridgehead atoms. The number of carbonyl (C=O) groups excluding carboxylic acids is 1. The van der Waals surface area contributed by atoms with Gasteiger partial charge in [-0.1, -0.05) is 19.1 Å². The van der Waals surface area contributed by atoms with Gasteiger partial charge in [0.1, 0.15) is 6.54 Å². The fraction of sp³-hybridized carbons (Fsp3) is 0.455. The molecule has 1 N–H and O–H groups in total. The van der Waals surface area contributed by atoms with E-state index in [1.165, 1.54) is 36.3 Å². The second-order valence-corrected chi connectivity index (χ2v) is 8.49. The van der Waals surface area contributed by atoms with Crippen LogP contribution in [0, 0.1) is 5.92 Å². The minimum atomic E-state index is -0.572. The molecule has 1 fully saturated rings. The Bertz CT molecular complexity index is 1220. The molecule has 3 aromatic rings. The Morgan fingerprint density at radius 3 is 2.65 bits per heavy atom. The van der Waals surface area contributed by atoms with Crippen molar-refractivity contribution in [3.63, 3.8) is 0 Å². The molecule has 1 aliphatic heterocycles. The lowest BCUT2D eigenvalue weighted by molar-refractivity contribution is -0.116. The van der Waals surface area contributed by atoms with E-state index in [1.807, 2.05) is 24.3 Å². The highest BCUT2D eigenvalue weighted by atomic mass is 16.2. The van der Waals surface area contributed by atoms with Crippen LogP contribution in [0.25, 0.3) is 11.2 Å². The summed E-state index contributed by atoms with van der Waals surface area (Å²) < 4.78 is 3.76. The first-order chi connectivity index (χ1) is 14.8. The van der Waals surface area contributed by atoms with Gasteiger partial charge in [0.15, 0.2) is 11.2 Å². The summed E-state index contributed by atoms with van der Waals surface area (Å²) in [5.74, 6) is 0.298. The minimum Gasteiger partial charge on any atom is -0.328 e. The maximum atomic E-state index is 12.7. The smallest absolute Gasteiger partial charge is 0.328 e. The normalized spacial score (nSPS) is 17.2. The van der Waals surface area contributed by atoms with Gasteiger partial charge in [-0.05, 0) is 43.0 Å². The van der Waals surface area contributed by atoms with Crippen LogP contribution in [0.4, 0.5) is 5.69 Å². The summed E-state index contributed by atoms with van der Waals surface area (Å²) in [6.07, 6.45) is 4.00. The number of benzene rings is 1. The van der Waals surface area contributed by atoms with Crippen LogP contribution in [0.1, 0.15) is 25.3 Å². The lowest BCUT2D eigenvalue weighted by atomic mass is 10.00. The molecule has 31 heavy (non-hydrogen) atoms. The maximum Gasteiger partial charge on any atom is 0.332 e. The number of imidazole rings is 1. The number of aromatic nitrogens is 4. The number of carbonyl (C=O) groups is 1. The van der Waals surface area contributed by atoms with Crippen molar-refractivity contribution in [2.24, 2.45) is 20.0 Å². The predicted molar refractivity (Wildman–Crippen MR) is 119 cm³/mol. The van der Waals surface area contributed by atoms with E-state index in [0.29, 0.717) is 11.3 Å². The highest BCUT2D eigenvalue weighted by Crippen LogP contribution is 2.18. The number of amides is 1. The number of anilines is 1. The first-order valence-electron chi connectivity index (χ1n) is 10.6. The standard InChI is InChI=1S/C22H28N6O3/c1-15-5-4-10-27(11-15)12-16-6-8-17(9-7-16)24-18(29)13-28-21(30)19-20(23-14-25(19)2)26(3)22(28)31/h6-9,14-15H,4-5,10-13H2,1-3H3,(H,24,29). The third-order valence-electron chi connectivity index (χ3n) is 5.89. The molecule has 2 aromatic heterocycles. The number of fused-ring (bicyclic) bond motifs is 1. The molecule has 1 amide bonds. The van der Waals surface area contributed by atoms with E-state index in [2.05, 4.69) is 22.1 Å². The van der Waals surface area contributed by atoms with Crippen LogP contribution >= 0.6 is 0 Å². The highest BCUT2D eigenvalue weighted by molar-refractivity contribution is 5.90. The summed E-state index contributed by atoms with van der Waals surface area (Å²) in [6.45, 7) is 5.06. The molecule has 4 rings (SSSR count). The van der Waals surface area contributed by atoms with Gasteiger partial charge in [-0.2, -0.15) is 0 Å². The number of aryl methyl sites for hydroxylation is 2. The predicted octanol–water partition coefficient (Wildman–Crippen LogP) is 1.30. The number of nitrogens with zero attached hydrogens (tertiary/aromatic N) is 5. The van der Waals surface area contributed by atoms with Gasteiger partial charge in [-0.15, -0.1) is 0 Å². The molecule has 1 aliphatic rings. The van der Waals surface area contributed by atoms with Crippen LogP contribution in [0.5, 0.6) is 0 Å². The molecule has 1 unspecified atom stereocenters. The number of nitrogens with one attached hydrogen (secondary N) is 1. The van der Waals surface area contributed by atoms with Crippen molar-refractivity contribution < 1.29 is 4.79 Å². The van der Waals surface area contributed by atoms with Gasteiger partial charge in [-0.25, -0.2) is 14.3 Å². The minimum absolute atomic E-state index is 0.284. The molecule has 1 saturated heterocycles. The molecule has 9 nitrogen and oxygen atoms in total. The second-order valence-electron chi connectivity index (χ2n) is 8.49. The van der Waals surface area contributed by atoms with Crippen molar-refractivity contribution in [2.75, 3.05) is 18.4 Å². The zero-order valence-corrected chi connectivity index (χ0v) is 18.2. The van der Waals surface area contributed by atoms with E-state index in [9.17, 15) is 14.4 Å². The molecular weight excluding hydrogens is 396 g/mol. The Morgan fingerprint density at radius 2 is 1.94 bits per heavy atom. The Morgan fingerprint density at radius 1 is 1.19 bits per heavy atom.